The van der Waals surface area contributed by atoms with Gasteiger partial charge in [0.1, 0.15) is 0 Å². The van der Waals surface area contributed by atoms with E-state index >= 15 is 0 Å². The van der Waals surface area contributed by atoms with Gasteiger partial charge in [-0.05, 0) is 43.4 Å². The Morgan fingerprint density at radius 2 is 1.66 bits per heavy atom. The van der Waals surface area contributed by atoms with E-state index in [4.69, 9.17) is 14.2 Å². The van der Waals surface area contributed by atoms with E-state index < -0.39 is 0 Å². The Kier molecular flexibility index (Phi) is 11.7. The number of rotatable bonds is 16. The van der Waals surface area contributed by atoms with E-state index in [1.165, 1.54) is 0 Å². The van der Waals surface area contributed by atoms with Crippen LogP contribution in [-0.4, -0.2) is 87.2 Å². The number of carbonyl (C=O) groups is 3. The van der Waals surface area contributed by atoms with Gasteiger partial charge in [0, 0.05) is 43.4 Å². The van der Waals surface area contributed by atoms with Crippen molar-refractivity contribution < 1.29 is 28.6 Å². The average molecular weight is 551 g/mol. The molecule has 10 nitrogen and oxygen atoms in total. The van der Waals surface area contributed by atoms with Crippen LogP contribution in [0.25, 0.3) is 0 Å². The van der Waals surface area contributed by atoms with Crippen molar-refractivity contribution in [2.45, 2.75) is 68.7 Å². The number of thioether (sulfide) groups is 1. The zero-order valence-corrected chi connectivity index (χ0v) is 23.0. The molecular weight excluding hydrogens is 508 g/mol. The van der Waals surface area contributed by atoms with Crippen LogP contribution in [0.3, 0.4) is 0 Å². The van der Waals surface area contributed by atoms with Crippen molar-refractivity contribution in [2.24, 2.45) is 17.8 Å². The van der Waals surface area contributed by atoms with Crippen LogP contribution in [0.4, 0.5) is 9.59 Å². The third-order valence-electron chi connectivity index (χ3n) is 7.78. The van der Waals surface area contributed by atoms with Crippen LogP contribution in [0.1, 0.15) is 51.4 Å². The van der Waals surface area contributed by atoms with Crippen LogP contribution >= 0.6 is 11.8 Å². The minimum atomic E-state index is -0.387. The molecule has 2 saturated heterocycles. The van der Waals surface area contributed by atoms with E-state index in [0.29, 0.717) is 75.5 Å². The molecule has 1 unspecified atom stereocenters. The number of fused-ring (bicyclic) bond motifs is 2. The highest BCUT2D eigenvalue weighted by atomic mass is 32.2. The van der Waals surface area contributed by atoms with E-state index in [-0.39, 0.29) is 30.1 Å². The molecule has 4 N–H and O–H groups in total. The number of amides is 4. The number of nitrogens with one attached hydrogen (secondary N) is 4. The van der Waals surface area contributed by atoms with Crippen LogP contribution in [0.2, 0.25) is 0 Å². The van der Waals surface area contributed by atoms with Crippen molar-refractivity contribution in [1.29, 1.82) is 0 Å². The molecule has 4 rings (SSSR count). The number of alkyl carbamates (subject to hydrolysis) is 1. The van der Waals surface area contributed by atoms with E-state index in [2.05, 4.69) is 33.1 Å². The van der Waals surface area contributed by atoms with Crippen LogP contribution < -0.4 is 21.3 Å². The second-order valence-corrected chi connectivity index (χ2v) is 11.7. The molecule has 2 aliphatic heterocycles. The highest BCUT2D eigenvalue weighted by Crippen LogP contribution is 2.52. The number of unbranched alkanes of at least 4 members (excludes halogenated alkanes) is 1. The summed E-state index contributed by atoms with van der Waals surface area (Å²) in [6, 6.07) is 0.414. The highest BCUT2D eigenvalue weighted by Gasteiger charge is 2.49. The maximum atomic E-state index is 12.0. The summed E-state index contributed by atoms with van der Waals surface area (Å²) in [4.78, 5) is 35.3. The summed E-state index contributed by atoms with van der Waals surface area (Å²) in [6.07, 6.45) is 7.12. The fourth-order valence-electron chi connectivity index (χ4n) is 5.68. The predicted molar refractivity (Wildman–Crippen MR) is 145 cm³/mol. The number of hydrogen-bond donors (Lipinski definition) is 4. The lowest BCUT2D eigenvalue weighted by atomic mass is 10.0. The van der Waals surface area contributed by atoms with E-state index in [1.807, 2.05) is 11.8 Å². The summed E-state index contributed by atoms with van der Waals surface area (Å²) < 4.78 is 16.3. The number of urea groups is 1. The van der Waals surface area contributed by atoms with Crippen LogP contribution in [-0.2, 0) is 19.0 Å². The molecule has 2 aliphatic carbocycles. The minimum Gasteiger partial charge on any atom is -0.449 e. The van der Waals surface area contributed by atoms with Crippen LogP contribution in [0.5, 0.6) is 0 Å². The summed E-state index contributed by atoms with van der Waals surface area (Å²) in [6.45, 7) is 3.05. The third kappa shape index (κ3) is 9.24. The molecule has 0 radical (unpaired) electrons. The molecule has 11 heteroatoms. The standard InChI is InChI=1S/C27H42N4O6S/c32-24(10-6-5-9-23-25-22(18-38-23)30-26(33)31-25)28-11-13-35-15-16-36-14-12-29-27(34)37-17-21-19-7-3-1-2-4-8-20(19)21/h19-23,25H,3-18H2,(H,28,32)(H,29,34)(H2,30,31,33)/t19-,20+,21?,22-,23+,25-/m1/s1. The largest absolute Gasteiger partial charge is 0.449 e. The maximum absolute atomic E-state index is 12.0. The van der Waals surface area contributed by atoms with Gasteiger partial charge in [0.25, 0.3) is 0 Å². The van der Waals surface area contributed by atoms with E-state index in [1.54, 1.807) is 0 Å². The van der Waals surface area contributed by atoms with Crippen molar-refractivity contribution in [3.63, 3.8) is 0 Å². The Balaban J connectivity index is 0.881. The zero-order chi connectivity index (χ0) is 26.6. The summed E-state index contributed by atoms with van der Waals surface area (Å²) >= 11 is 1.90. The Morgan fingerprint density at radius 3 is 2.39 bits per heavy atom. The van der Waals surface area contributed by atoms with Gasteiger partial charge >= 0.3 is 12.1 Å². The van der Waals surface area contributed by atoms with Gasteiger partial charge in [-0.3, -0.25) is 4.79 Å². The average Bonchev–Trinajstić information content (AvgIpc) is 3.16. The SMILES string of the molecule is O=C(CCCC[C@@H]1SC[C@H]2NC(=O)N[C@@H]12)NCCOCCOCCNC(=O)OCC1[C@H]2CCC#CCC[C@@H]12. The van der Waals surface area contributed by atoms with Gasteiger partial charge in [-0.15, -0.1) is 11.8 Å². The van der Waals surface area contributed by atoms with Gasteiger partial charge in [0.05, 0.1) is 45.1 Å². The molecular formula is C27H42N4O6S. The molecule has 0 aromatic carbocycles. The molecule has 2 heterocycles. The summed E-state index contributed by atoms with van der Waals surface area (Å²) in [5.74, 6) is 9.22. The first kappa shape index (κ1) is 28.8. The predicted octanol–water partition coefficient (Wildman–Crippen LogP) is 2.03. The maximum Gasteiger partial charge on any atom is 0.407 e. The first-order valence-corrected chi connectivity index (χ1v) is 15.1. The van der Waals surface area contributed by atoms with Gasteiger partial charge in [0.15, 0.2) is 0 Å². The van der Waals surface area contributed by atoms with Crippen molar-refractivity contribution >= 4 is 29.8 Å². The lowest BCUT2D eigenvalue weighted by Crippen LogP contribution is -2.36. The van der Waals surface area contributed by atoms with Crippen LogP contribution in [0, 0.1) is 29.6 Å². The smallest absolute Gasteiger partial charge is 0.407 e. The molecule has 3 fully saturated rings. The molecule has 4 amide bonds. The fraction of sp³-hybridized carbons (Fsp3) is 0.815. The topological polar surface area (TPSA) is 127 Å². The molecule has 4 aliphatic rings. The normalized spacial score (nSPS) is 28.9. The molecule has 212 valence electrons. The Morgan fingerprint density at radius 1 is 0.947 bits per heavy atom. The van der Waals surface area contributed by atoms with Gasteiger partial charge in [0.2, 0.25) is 5.91 Å². The molecule has 6 atom stereocenters. The zero-order valence-electron chi connectivity index (χ0n) is 22.1. The lowest BCUT2D eigenvalue weighted by Gasteiger charge is -2.16. The fourth-order valence-corrected chi connectivity index (χ4v) is 7.22. The first-order valence-electron chi connectivity index (χ1n) is 14.1. The Hall–Kier alpha value is -2.16. The molecule has 0 spiro atoms. The Labute approximate surface area is 229 Å². The molecule has 1 saturated carbocycles. The minimum absolute atomic E-state index is 0.0380. The molecule has 0 aromatic rings. The molecule has 38 heavy (non-hydrogen) atoms. The summed E-state index contributed by atoms with van der Waals surface area (Å²) in [7, 11) is 0. The van der Waals surface area contributed by atoms with E-state index in [9.17, 15) is 14.4 Å². The molecule has 0 aromatic heterocycles. The van der Waals surface area contributed by atoms with E-state index in [0.717, 1.165) is 50.7 Å². The Bertz CT molecular complexity index is 846. The second-order valence-electron chi connectivity index (χ2n) is 10.4. The highest BCUT2D eigenvalue weighted by molar-refractivity contribution is 8.00. The van der Waals surface area contributed by atoms with Gasteiger partial charge in [-0.25, -0.2) is 9.59 Å². The molecule has 0 bridgehead atoms. The van der Waals surface area contributed by atoms with Gasteiger partial charge < -0.3 is 35.5 Å². The summed E-state index contributed by atoms with van der Waals surface area (Å²) in [5, 5.41) is 12.0. The van der Waals surface area contributed by atoms with Gasteiger partial charge in [-0.2, -0.15) is 11.8 Å². The quantitative estimate of drug-likeness (QED) is 0.132. The lowest BCUT2D eigenvalue weighted by molar-refractivity contribution is -0.121. The third-order valence-corrected chi connectivity index (χ3v) is 9.29. The number of ether oxygens (including phenoxy) is 3. The van der Waals surface area contributed by atoms with Crippen molar-refractivity contribution in [3.05, 3.63) is 0 Å². The van der Waals surface area contributed by atoms with Crippen molar-refractivity contribution in [2.75, 3.05) is 51.9 Å². The first-order chi connectivity index (χ1) is 18.6. The summed E-state index contributed by atoms with van der Waals surface area (Å²) in [5.41, 5.74) is 0. The van der Waals surface area contributed by atoms with Gasteiger partial charge in [-0.1, -0.05) is 6.42 Å². The second kappa shape index (κ2) is 15.4. The van der Waals surface area contributed by atoms with Crippen LogP contribution in [0.15, 0.2) is 0 Å². The monoisotopic (exact) mass is 550 g/mol. The number of carbonyl (C=O) groups excluding carboxylic acids is 3. The van der Waals surface area contributed by atoms with Crippen molar-refractivity contribution in [3.8, 4) is 11.8 Å². The number of hydrogen-bond acceptors (Lipinski definition) is 7. The van der Waals surface area contributed by atoms with Crippen molar-refractivity contribution in [1.82, 2.24) is 21.3 Å².